The number of esters is 2. The Morgan fingerprint density at radius 1 is 1.15 bits per heavy atom. The van der Waals surface area contributed by atoms with E-state index in [1.165, 1.54) is 18.9 Å². The summed E-state index contributed by atoms with van der Waals surface area (Å²) in [6, 6.07) is 0. The maximum absolute atomic E-state index is 12.9. The van der Waals surface area contributed by atoms with E-state index in [4.69, 9.17) is 13.9 Å². The fourth-order valence-corrected chi connectivity index (χ4v) is 4.24. The molecule has 0 bridgehead atoms. The van der Waals surface area contributed by atoms with Crippen molar-refractivity contribution < 1.29 is 28.3 Å². The molecule has 1 heterocycles. The highest BCUT2D eigenvalue weighted by Crippen LogP contribution is 2.42. The topological polar surface area (TPSA) is 82.1 Å². The van der Waals surface area contributed by atoms with Crippen molar-refractivity contribution in [1.29, 1.82) is 0 Å². The molecule has 0 aromatic carbocycles. The van der Waals surface area contributed by atoms with Crippen molar-refractivity contribution in [2.24, 2.45) is 5.92 Å². The van der Waals surface area contributed by atoms with E-state index in [2.05, 4.69) is 33.9 Å². The first kappa shape index (κ1) is 23.4. The minimum atomic E-state index is -2.13. The highest BCUT2D eigenvalue weighted by Gasteiger charge is 2.57. The molecule has 7 nitrogen and oxygen atoms in total. The van der Waals surface area contributed by atoms with Gasteiger partial charge in [-0.05, 0) is 44.5 Å². The molecule has 0 saturated carbocycles. The third kappa shape index (κ3) is 4.79. The van der Waals surface area contributed by atoms with Crippen molar-refractivity contribution in [3.05, 3.63) is 11.3 Å². The number of carbonyl (C=O) groups is 3. The van der Waals surface area contributed by atoms with Gasteiger partial charge in [-0.2, -0.15) is 0 Å². The van der Waals surface area contributed by atoms with Crippen molar-refractivity contribution in [3.63, 3.8) is 0 Å². The quantitative estimate of drug-likeness (QED) is 0.295. The van der Waals surface area contributed by atoms with E-state index in [-0.39, 0.29) is 16.6 Å². The van der Waals surface area contributed by atoms with Gasteiger partial charge in [0.2, 0.25) is 5.91 Å². The maximum atomic E-state index is 12.9. The molecule has 1 saturated heterocycles. The number of ether oxygens (including phenoxy) is 2. The number of likely N-dealkylation sites (tertiary alicyclic amines) is 1. The smallest absolute Gasteiger partial charge is 0.354 e. The summed E-state index contributed by atoms with van der Waals surface area (Å²) in [6.45, 7) is 17.0. The molecule has 0 N–H and O–H groups in total. The Kier molecular flexibility index (Phi) is 7.04. The van der Waals surface area contributed by atoms with E-state index in [1.807, 2.05) is 6.92 Å². The van der Waals surface area contributed by atoms with Crippen molar-refractivity contribution in [2.45, 2.75) is 78.9 Å². The fraction of sp³-hybridized carbons (Fsp3) is 0.737. The predicted octanol–water partition coefficient (Wildman–Crippen LogP) is 3.21. The Morgan fingerprint density at radius 3 is 2.04 bits per heavy atom. The van der Waals surface area contributed by atoms with Crippen LogP contribution in [0.5, 0.6) is 0 Å². The molecule has 1 aliphatic rings. The summed E-state index contributed by atoms with van der Waals surface area (Å²) in [4.78, 5) is 37.9. The van der Waals surface area contributed by atoms with E-state index < -0.39 is 38.5 Å². The Hall–Kier alpha value is -1.67. The monoisotopic (exact) mass is 399 g/mol. The lowest BCUT2D eigenvalue weighted by Gasteiger charge is -2.50. The van der Waals surface area contributed by atoms with E-state index in [0.29, 0.717) is 5.57 Å². The lowest BCUT2D eigenvalue weighted by Crippen LogP contribution is -2.67. The van der Waals surface area contributed by atoms with E-state index >= 15 is 0 Å². The number of β-lactam (4-membered cyclic amide) rings is 1. The molecule has 1 aliphatic heterocycles. The standard InChI is InChI=1S/C19H33NO6Si/c1-11(2)15(18(23)24-8)20-16(22)14(17(20)25-13(4)21)12(3)26-27(9,10)19(5,6)7/h12,14,17H,1-10H3/t12-,14+,17+/m1/s1. The molecule has 154 valence electrons. The van der Waals surface area contributed by atoms with Gasteiger partial charge >= 0.3 is 11.9 Å². The van der Waals surface area contributed by atoms with Crippen LogP contribution in [0.1, 0.15) is 48.5 Å². The zero-order chi connectivity index (χ0) is 21.3. The highest BCUT2D eigenvalue weighted by atomic mass is 28.4. The summed E-state index contributed by atoms with van der Waals surface area (Å²) in [5, 5.41) is -0.0260. The maximum Gasteiger partial charge on any atom is 0.354 e. The molecular formula is C19H33NO6Si. The second-order valence-electron chi connectivity index (χ2n) is 8.66. The van der Waals surface area contributed by atoms with Crippen LogP contribution in [-0.2, 0) is 28.3 Å². The minimum absolute atomic E-state index is 0.0260. The molecule has 27 heavy (non-hydrogen) atoms. The number of hydrogen-bond donors (Lipinski definition) is 0. The van der Waals surface area contributed by atoms with Crippen molar-refractivity contribution in [2.75, 3.05) is 7.11 Å². The molecule has 1 amide bonds. The molecule has 0 aromatic rings. The van der Waals surface area contributed by atoms with Crippen LogP contribution in [-0.4, -0.2) is 50.5 Å². The SMILES string of the molecule is COC(=O)C(=C(C)C)N1C(=O)[C@H]([C@@H](C)O[Si](C)(C)C(C)(C)C)[C@@H]1OC(C)=O. The molecular weight excluding hydrogens is 366 g/mol. The van der Waals surface area contributed by atoms with Gasteiger partial charge in [0.25, 0.3) is 0 Å². The van der Waals surface area contributed by atoms with Gasteiger partial charge in [0, 0.05) is 6.92 Å². The molecule has 0 aromatic heterocycles. The number of amides is 1. The van der Waals surface area contributed by atoms with Gasteiger partial charge in [-0.25, -0.2) is 4.79 Å². The zero-order valence-electron chi connectivity index (χ0n) is 18.1. The van der Waals surface area contributed by atoms with Crippen LogP contribution in [0.2, 0.25) is 18.1 Å². The van der Waals surface area contributed by atoms with Gasteiger partial charge in [-0.15, -0.1) is 0 Å². The van der Waals surface area contributed by atoms with Crippen LogP contribution in [0, 0.1) is 5.92 Å². The summed E-state index contributed by atoms with van der Waals surface area (Å²) in [5.74, 6) is -2.15. The van der Waals surface area contributed by atoms with E-state index in [9.17, 15) is 14.4 Å². The molecule has 0 radical (unpaired) electrons. The molecule has 1 rings (SSSR count). The Morgan fingerprint density at radius 2 is 1.67 bits per heavy atom. The van der Waals surface area contributed by atoms with Crippen LogP contribution in [0.25, 0.3) is 0 Å². The number of hydrogen-bond acceptors (Lipinski definition) is 6. The van der Waals surface area contributed by atoms with Gasteiger partial charge in [0.15, 0.2) is 14.5 Å². The predicted molar refractivity (Wildman–Crippen MR) is 104 cm³/mol. The lowest BCUT2D eigenvalue weighted by molar-refractivity contribution is -0.202. The highest BCUT2D eigenvalue weighted by molar-refractivity contribution is 6.74. The van der Waals surface area contributed by atoms with Gasteiger partial charge in [-0.3, -0.25) is 14.5 Å². The molecule has 8 heteroatoms. The summed E-state index contributed by atoms with van der Waals surface area (Å²) >= 11 is 0. The lowest BCUT2D eigenvalue weighted by atomic mass is 9.89. The molecule has 0 aliphatic carbocycles. The normalized spacial score (nSPS) is 21.3. The average molecular weight is 400 g/mol. The Labute approximate surface area is 163 Å². The van der Waals surface area contributed by atoms with Crippen molar-refractivity contribution in [3.8, 4) is 0 Å². The summed E-state index contributed by atoms with van der Waals surface area (Å²) < 4.78 is 16.5. The minimum Gasteiger partial charge on any atom is -0.464 e. The molecule has 0 spiro atoms. The number of allylic oxidation sites excluding steroid dienone is 1. The van der Waals surface area contributed by atoms with Crippen LogP contribution in [0.4, 0.5) is 0 Å². The first-order valence-electron chi connectivity index (χ1n) is 9.09. The third-order valence-electron chi connectivity index (χ3n) is 5.26. The first-order chi connectivity index (χ1) is 12.2. The number of carbonyl (C=O) groups excluding carboxylic acids is 3. The number of rotatable bonds is 6. The van der Waals surface area contributed by atoms with Crippen LogP contribution in [0.15, 0.2) is 11.3 Å². The summed E-state index contributed by atoms with van der Waals surface area (Å²) in [5.41, 5.74) is 0.702. The molecule has 0 unspecified atom stereocenters. The molecule has 3 atom stereocenters. The summed E-state index contributed by atoms with van der Waals surface area (Å²) in [7, 11) is -0.880. The van der Waals surface area contributed by atoms with Crippen molar-refractivity contribution >= 4 is 26.2 Å². The van der Waals surface area contributed by atoms with E-state index in [1.54, 1.807) is 13.8 Å². The Balaban J connectivity index is 3.19. The van der Waals surface area contributed by atoms with Gasteiger partial charge in [-0.1, -0.05) is 20.8 Å². The van der Waals surface area contributed by atoms with Gasteiger partial charge in [0.05, 0.1) is 13.2 Å². The summed E-state index contributed by atoms with van der Waals surface area (Å²) in [6.07, 6.45) is -1.34. The second-order valence-corrected chi connectivity index (χ2v) is 13.4. The van der Waals surface area contributed by atoms with Crippen LogP contribution < -0.4 is 0 Å². The first-order valence-corrected chi connectivity index (χ1v) is 12.0. The average Bonchev–Trinajstić information content (AvgIpc) is 2.48. The largest absolute Gasteiger partial charge is 0.464 e. The zero-order valence-corrected chi connectivity index (χ0v) is 19.1. The molecule has 1 fully saturated rings. The van der Waals surface area contributed by atoms with Crippen LogP contribution >= 0.6 is 0 Å². The second kappa shape index (κ2) is 8.14. The fourth-order valence-electron chi connectivity index (χ4n) is 2.81. The van der Waals surface area contributed by atoms with Gasteiger partial charge < -0.3 is 13.9 Å². The number of methoxy groups -OCH3 is 1. The van der Waals surface area contributed by atoms with Crippen LogP contribution in [0.3, 0.4) is 0 Å². The third-order valence-corrected chi connectivity index (χ3v) is 9.83. The Bertz CT molecular complexity index is 645. The van der Waals surface area contributed by atoms with Crippen molar-refractivity contribution in [1.82, 2.24) is 4.90 Å². The van der Waals surface area contributed by atoms with E-state index in [0.717, 1.165) is 0 Å². The number of nitrogens with zero attached hydrogens (tertiary/aromatic N) is 1. The van der Waals surface area contributed by atoms with Gasteiger partial charge in [0.1, 0.15) is 11.6 Å².